The molecular weight excluding hydrogens is 192 g/mol. The zero-order chi connectivity index (χ0) is 11.3. The Morgan fingerprint density at radius 1 is 1.47 bits per heavy atom. The minimum atomic E-state index is -0.0850. The number of nitrogens with one attached hydrogen (secondary N) is 1. The highest BCUT2D eigenvalue weighted by Crippen LogP contribution is 2.16. The lowest BCUT2D eigenvalue weighted by molar-refractivity contribution is -0.119. The van der Waals surface area contributed by atoms with E-state index in [-0.39, 0.29) is 12.5 Å². The zero-order valence-electron chi connectivity index (χ0n) is 8.86. The maximum Gasteiger partial charge on any atom is 0.239 e. The Hall–Kier alpha value is -1.84. The van der Waals surface area contributed by atoms with Gasteiger partial charge >= 0.3 is 0 Å². The minimum Gasteiger partial charge on any atom is -0.365 e. The van der Waals surface area contributed by atoms with Gasteiger partial charge < -0.3 is 10.2 Å². The highest BCUT2D eigenvalue weighted by molar-refractivity contribution is 5.87. The molecule has 0 saturated carbocycles. The van der Waals surface area contributed by atoms with Gasteiger partial charge in [-0.2, -0.15) is 0 Å². The first-order valence-corrected chi connectivity index (χ1v) is 4.65. The van der Waals surface area contributed by atoms with E-state index in [0.29, 0.717) is 5.56 Å². The topological polar surface area (TPSA) is 49.4 Å². The third-order valence-electron chi connectivity index (χ3n) is 2.13. The van der Waals surface area contributed by atoms with Crippen LogP contribution in [0.1, 0.15) is 10.4 Å². The van der Waals surface area contributed by atoms with Crippen LogP contribution in [0.3, 0.4) is 0 Å². The summed E-state index contributed by atoms with van der Waals surface area (Å²) in [5.74, 6) is -0.0850. The summed E-state index contributed by atoms with van der Waals surface area (Å²) in [6.07, 6.45) is 0.787. The average molecular weight is 206 g/mol. The number of amides is 1. The highest BCUT2D eigenvalue weighted by Gasteiger charge is 2.08. The van der Waals surface area contributed by atoms with Gasteiger partial charge in [-0.05, 0) is 12.1 Å². The van der Waals surface area contributed by atoms with E-state index < -0.39 is 0 Å². The fourth-order valence-corrected chi connectivity index (χ4v) is 1.31. The number of hydrogen-bond donors (Lipinski definition) is 1. The minimum absolute atomic E-state index is 0.0850. The molecule has 0 aliphatic rings. The summed E-state index contributed by atoms with van der Waals surface area (Å²) in [6.45, 7) is 0.237. The number of nitrogens with zero attached hydrogens (tertiary/aromatic N) is 1. The van der Waals surface area contributed by atoms with E-state index in [1.54, 1.807) is 31.1 Å². The molecule has 1 aromatic rings. The number of rotatable bonds is 4. The molecule has 80 valence electrons. The highest BCUT2D eigenvalue weighted by atomic mass is 16.2. The predicted molar refractivity (Wildman–Crippen MR) is 59.2 cm³/mol. The van der Waals surface area contributed by atoms with Crippen LogP contribution < -0.4 is 10.2 Å². The van der Waals surface area contributed by atoms with Gasteiger partial charge in [0.25, 0.3) is 0 Å². The molecule has 0 aliphatic carbocycles. The van der Waals surface area contributed by atoms with Crippen LogP contribution in [0.25, 0.3) is 0 Å². The second-order valence-corrected chi connectivity index (χ2v) is 3.21. The van der Waals surface area contributed by atoms with Crippen LogP contribution in [-0.2, 0) is 4.79 Å². The van der Waals surface area contributed by atoms with Gasteiger partial charge in [0.05, 0.1) is 6.54 Å². The number of benzene rings is 1. The Morgan fingerprint density at radius 2 is 2.13 bits per heavy atom. The quantitative estimate of drug-likeness (QED) is 0.737. The van der Waals surface area contributed by atoms with Crippen LogP contribution in [0.5, 0.6) is 0 Å². The molecule has 1 rings (SSSR count). The molecule has 4 heteroatoms. The zero-order valence-corrected chi connectivity index (χ0v) is 8.86. The van der Waals surface area contributed by atoms with E-state index in [9.17, 15) is 9.59 Å². The summed E-state index contributed by atoms with van der Waals surface area (Å²) in [7, 11) is 3.36. The molecule has 0 heterocycles. The molecule has 0 radical (unpaired) electrons. The molecule has 1 amide bonds. The smallest absolute Gasteiger partial charge is 0.239 e. The first-order chi connectivity index (χ1) is 7.19. The van der Waals surface area contributed by atoms with Crippen molar-refractivity contribution in [3.8, 4) is 0 Å². The molecule has 0 bridgehead atoms. The molecule has 0 spiro atoms. The Balaban J connectivity index is 2.85. The van der Waals surface area contributed by atoms with Crippen molar-refractivity contribution in [3.05, 3.63) is 29.8 Å². The van der Waals surface area contributed by atoms with E-state index in [4.69, 9.17) is 0 Å². The van der Waals surface area contributed by atoms with Crippen LogP contribution in [0.15, 0.2) is 24.3 Å². The number of anilines is 1. The van der Waals surface area contributed by atoms with Crippen LogP contribution in [0, 0.1) is 0 Å². The fraction of sp³-hybridized carbons (Fsp3) is 0.273. The van der Waals surface area contributed by atoms with Crippen LogP contribution in [-0.4, -0.2) is 32.8 Å². The second kappa shape index (κ2) is 5.14. The number of para-hydroxylation sites is 1. The number of carbonyl (C=O) groups is 2. The molecule has 1 aromatic carbocycles. The van der Waals surface area contributed by atoms with Gasteiger partial charge in [0, 0.05) is 25.3 Å². The van der Waals surface area contributed by atoms with Crippen molar-refractivity contribution in [2.24, 2.45) is 0 Å². The predicted octanol–water partition coefficient (Wildman–Crippen LogP) is 0.681. The SMILES string of the molecule is CNC(=O)CN(C)c1ccccc1C=O. The van der Waals surface area contributed by atoms with E-state index in [1.807, 2.05) is 12.1 Å². The summed E-state index contributed by atoms with van der Waals surface area (Å²) < 4.78 is 0. The molecule has 15 heavy (non-hydrogen) atoms. The summed E-state index contributed by atoms with van der Waals surface area (Å²) in [6, 6.07) is 7.17. The maximum absolute atomic E-state index is 11.2. The molecule has 0 aliphatic heterocycles. The second-order valence-electron chi connectivity index (χ2n) is 3.21. The number of hydrogen-bond acceptors (Lipinski definition) is 3. The molecule has 0 saturated heterocycles. The van der Waals surface area contributed by atoms with Crippen molar-refractivity contribution >= 4 is 17.9 Å². The molecular formula is C11H14N2O2. The van der Waals surface area contributed by atoms with Crippen LogP contribution in [0.2, 0.25) is 0 Å². The first kappa shape index (κ1) is 11.2. The first-order valence-electron chi connectivity index (χ1n) is 4.65. The maximum atomic E-state index is 11.2. The third kappa shape index (κ3) is 2.80. The average Bonchev–Trinajstić information content (AvgIpc) is 2.28. The standard InChI is InChI=1S/C11H14N2O2/c1-12-11(15)7-13(2)10-6-4-3-5-9(10)8-14/h3-6,8H,7H2,1-2H3,(H,12,15). The Bertz CT molecular complexity index is 363. The van der Waals surface area contributed by atoms with Gasteiger partial charge in [-0.25, -0.2) is 0 Å². The lowest BCUT2D eigenvalue weighted by atomic mass is 10.2. The Morgan fingerprint density at radius 3 is 2.73 bits per heavy atom. The normalized spacial score (nSPS) is 9.47. The molecule has 0 fully saturated rings. The molecule has 0 unspecified atom stereocenters. The number of carbonyl (C=O) groups excluding carboxylic acids is 2. The van der Waals surface area contributed by atoms with Gasteiger partial charge in [0.15, 0.2) is 6.29 Å². The van der Waals surface area contributed by atoms with Crippen molar-refractivity contribution in [1.29, 1.82) is 0 Å². The van der Waals surface area contributed by atoms with Crippen LogP contribution >= 0.6 is 0 Å². The van der Waals surface area contributed by atoms with E-state index in [1.165, 1.54) is 0 Å². The van der Waals surface area contributed by atoms with Crippen LogP contribution in [0.4, 0.5) is 5.69 Å². The summed E-state index contributed by atoms with van der Waals surface area (Å²) in [4.78, 5) is 23.7. The molecule has 1 N–H and O–H groups in total. The van der Waals surface area contributed by atoms with Crippen molar-refractivity contribution in [3.63, 3.8) is 0 Å². The van der Waals surface area contributed by atoms with Gasteiger partial charge in [0.2, 0.25) is 5.91 Å². The lowest BCUT2D eigenvalue weighted by Crippen LogP contribution is -2.33. The van der Waals surface area contributed by atoms with Gasteiger partial charge in [0.1, 0.15) is 0 Å². The van der Waals surface area contributed by atoms with Crippen molar-refractivity contribution in [2.45, 2.75) is 0 Å². The van der Waals surface area contributed by atoms with Gasteiger partial charge in [-0.3, -0.25) is 9.59 Å². The monoisotopic (exact) mass is 206 g/mol. The van der Waals surface area contributed by atoms with E-state index in [2.05, 4.69) is 5.32 Å². The van der Waals surface area contributed by atoms with Gasteiger partial charge in [-0.1, -0.05) is 12.1 Å². The van der Waals surface area contributed by atoms with Crippen molar-refractivity contribution in [1.82, 2.24) is 5.32 Å². The van der Waals surface area contributed by atoms with Crippen molar-refractivity contribution < 1.29 is 9.59 Å². The van der Waals surface area contributed by atoms with E-state index >= 15 is 0 Å². The summed E-state index contributed by atoms with van der Waals surface area (Å²) in [5, 5.41) is 2.53. The summed E-state index contributed by atoms with van der Waals surface area (Å²) in [5.41, 5.74) is 1.35. The molecule has 0 atom stereocenters. The molecule has 0 aromatic heterocycles. The number of aldehydes is 1. The molecule has 4 nitrogen and oxygen atoms in total. The largest absolute Gasteiger partial charge is 0.365 e. The van der Waals surface area contributed by atoms with Gasteiger partial charge in [-0.15, -0.1) is 0 Å². The third-order valence-corrected chi connectivity index (χ3v) is 2.13. The Kier molecular flexibility index (Phi) is 3.85. The number of likely N-dealkylation sites (N-methyl/N-ethyl adjacent to an activating group) is 2. The lowest BCUT2D eigenvalue weighted by Gasteiger charge is -2.19. The Labute approximate surface area is 88.9 Å². The van der Waals surface area contributed by atoms with E-state index in [0.717, 1.165) is 12.0 Å². The summed E-state index contributed by atoms with van der Waals surface area (Å²) >= 11 is 0. The van der Waals surface area contributed by atoms with Crippen molar-refractivity contribution in [2.75, 3.05) is 25.5 Å². The fourth-order valence-electron chi connectivity index (χ4n) is 1.31.